The van der Waals surface area contributed by atoms with Gasteiger partial charge < -0.3 is 10.3 Å². The number of nitrogens with zero attached hydrogens (tertiary/aromatic N) is 6. The molecule has 8 heteroatoms. The fourth-order valence-corrected chi connectivity index (χ4v) is 3.46. The second-order valence-corrected chi connectivity index (χ2v) is 6.89. The van der Waals surface area contributed by atoms with Gasteiger partial charge in [-0.2, -0.15) is 0 Å². The first-order valence-corrected chi connectivity index (χ1v) is 9.16. The van der Waals surface area contributed by atoms with E-state index >= 15 is 0 Å². The first-order valence-electron chi connectivity index (χ1n) is 9.16. The fraction of sp³-hybridized carbons (Fsp3) is 0.421. The van der Waals surface area contributed by atoms with Crippen LogP contribution in [-0.2, 0) is 19.4 Å². The first-order chi connectivity index (χ1) is 13.1. The zero-order chi connectivity index (χ0) is 18.9. The monoisotopic (exact) mass is 367 g/mol. The van der Waals surface area contributed by atoms with Gasteiger partial charge in [0.15, 0.2) is 11.5 Å². The number of halogens is 1. The Morgan fingerprint density at radius 2 is 2.30 bits per heavy atom. The van der Waals surface area contributed by atoms with Gasteiger partial charge in [-0.05, 0) is 12.8 Å². The molecular formula is C19H22FN7. The fourth-order valence-electron chi connectivity index (χ4n) is 3.46. The Hall–Kier alpha value is -2.90. The summed E-state index contributed by atoms with van der Waals surface area (Å²) in [5, 5.41) is 0. The number of aliphatic imine (C=N–C) groups is 2. The van der Waals surface area contributed by atoms with Crippen molar-refractivity contribution in [1.29, 1.82) is 0 Å². The van der Waals surface area contributed by atoms with Crippen LogP contribution in [0.1, 0.15) is 37.0 Å². The van der Waals surface area contributed by atoms with Gasteiger partial charge in [-0.25, -0.2) is 19.4 Å². The molecule has 0 aromatic carbocycles. The summed E-state index contributed by atoms with van der Waals surface area (Å²) in [6, 6.07) is 0. The highest BCUT2D eigenvalue weighted by Gasteiger charge is 2.58. The van der Waals surface area contributed by atoms with E-state index in [9.17, 15) is 4.39 Å². The van der Waals surface area contributed by atoms with Crippen LogP contribution >= 0.6 is 0 Å². The van der Waals surface area contributed by atoms with Crippen LogP contribution in [0.15, 0.2) is 40.9 Å². The number of rotatable bonds is 7. The topological polar surface area (TPSA) is 94.3 Å². The van der Waals surface area contributed by atoms with Crippen LogP contribution in [0, 0.1) is 5.92 Å². The highest BCUT2D eigenvalue weighted by atomic mass is 19.1. The highest BCUT2D eigenvalue weighted by Crippen LogP contribution is 2.51. The zero-order valence-corrected chi connectivity index (χ0v) is 15.2. The van der Waals surface area contributed by atoms with Crippen LogP contribution in [0.3, 0.4) is 0 Å². The van der Waals surface area contributed by atoms with E-state index in [1.54, 1.807) is 18.6 Å². The molecule has 4 rings (SSSR count). The van der Waals surface area contributed by atoms with E-state index in [1.165, 1.54) is 6.34 Å². The van der Waals surface area contributed by atoms with Crippen LogP contribution in [0.2, 0.25) is 0 Å². The van der Waals surface area contributed by atoms with Gasteiger partial charge in [0.2, 0.25) is 0 Å². The lowest BCUT2D eigenvalue weighted by atomic mass is 10.1. The Kier molecular flexibility index (Phi) is 4.55. The van der Waals surface area contributed by atoms with Gasteiger partial charge in [0.1, 0.15) is 5.82 Å². The van der Waals surface area contributed by atoms with Gasteiger partial charge in [0, 0.05) is 30.9 Å². The van der Waals surface area contributed by atoms with Gasteiger partial charge >= 0.3 is 0 Å². The number of aryl methyl sites for hydroxylation is 1. The molecule has 0 bridgehead atoms. The van der Waals surface area contributed by atoms with Crippen molar-refractivity contribution in [3.8, 4) is 0 Å². The molecule has 3 heterocycles. The van der Waals surface area contributed by atoms with Gasteiger partial charge in [-0.3, -0.25) is 9.98 Å². The quantitative estimate of drug-likeness (QED) is 0.601. The van der Waals surface area contributed by atoms with E-state index in [0.717, 1.165) is 30.1 Å². The zero-order valence-electron chi connectivity index (χ0n) is 15.2. The van der Waals surface area contributed by atoms with Crippen LogP contribution in [-0.4, -0.2) is 37.2 Å². The van der Waals surface area contributed by atoms with Crippen molar-refractivity contribution >= 4 is 17.9 Å². The SMILES string of the molecule is CCCc1nc(/N=C\N)cnc1Cn1ccnc1CC1=NC=CC2CC12F. The van der Waals surface area contributed by atoms with E-state index in [2.05, 4.69) is 31.9 Å². The van der Waals surface area contributed by atoms with Crippen LogP contribution in [0.25, 0.3) is 0 Å². The third kappa shape index (κ3) is 3.39. The molecule has 2 N–H and O–H groups in total. The molecule has 1 aliphatic carbocycles. The summed E-state index contributed by atoms with van der Waals surface area (Å²) in [7, 11) is 0. The molecule has 0 radical (unpaired) electrons. The second kappa shape index (κ2) is 7.02. The Morgan fingerprint density at radius 3 is 3.11 bits per heavy atom. The van der Waals surface area contributed by atoms with Crippen molar-refractivity contribution < 1.29 is 4.39 Å². The number of imidazole rings is 1. The molecule has 0 saturated heterocycles. The highest BCUT2D eigenvalue weighted by molar-refractivity contribution is 5.98. The van der Waals surface area contributed by atoms with E-state index in [1.807, 2.05) is 16.8 Å². The molecule has 2 aromatic rings. The number of alkyl halides is 1. The summed E-state index contributed by atoms with van der Waals surface area (Å²) in [5.74, 6) is 1.25. The molecule has 2 atom stereocenters. The molecule has 140 valence electrons. The maximum atomic E-state index is 14.8. The number of fused-ring (bicyclic) bond motifs is 1. The third-order valence-electron chi connectivity index (χ3n) is 5.03. The summed E-state index contributed by atoms with van der Waals surface area (Å²) in [6.07, 6.45) is 12.6. The summed E-state index contributed by atoms with van der Waals surface area (Å²) in [6.45, 7) is 2.62. The Morgan fingerprint density at radius 1 is 1.41 bits per heavy atom. The smallest absolute Gasteiger partial charge is 0.172 e. The standard InChI is InChI=1S/C19H22FN7/c1-2-3-14-15(24-10-17(26-14)25-12-21)11-27-7-6-23-18(27)8-16-19(20)9-13(19)4-5-22-16/h4-7,10,12-13H,2-3,8-9,11H2,1H3,(H2,21,25,26). The minimum Gasteiger partial charge on any atom is -0.390 e. The van der Waals surface area contributed by atoms with Crippen molar-refractivity contribution in [3.63, 3.8) is 0 Å². The summed E-state index contributed by atoms with van der Waals surface area (Å²) in [4.78, 5) is 21.8. The summed E-state index contributed by atoms with van der Waals surface area (Å²) in [5.41, 5.74) is 6.38. The van der Waals surface area contributed by atoms with Crippen molar-refractivity contribution in [2.75, 3.05) is 0 Å². The van der Waals surface area contributed by atoms with Gasteiger partial charge in [-0.1, -0.05) is 19.4 Å². The Bertz CT molecular complexity index is 930. The molecule has 2 aromatic heterocycles. The van der Waals surface area contributed by atoms with Crippen molar-refractivity contribution in [2.45, 2.75) is 44.8 Å². The number of hydrogen-bond donors (Lipinski definition) is 1. The molecule has 1 aliphatic heterocycles. The first kappa shape index (κ1) is 17.5. The molecule has 1 fully saturated rings. The third-order valence-corrected chi connectivity index (χ3v) is 5.03. The number of hydrogen-bond acceptors (Lipinski definition) is 5. The van der Waals surface area contributed by atoms with Crippen molar-refractivity contribution in [3.05, 3.63) is 48.1 Å². The molecule has 0 amide bonds. The predicted octanol–water partition coefficient (Wildman–Crippen LogP) is 2.53. The molecule has 0 spiro atoms. The predicted molar refractivity (Wildman–Crippen MR) is 102 cm³/mol. The van der Waals surface area contributed by atoms with E-state index in [-0.39, 0.29) is 5.92 Å². The molecular weight excluding hydrogens is 345 g/mol. The average molecular weight is 367 g/mol. The largest absolute Gasteiger partial charge is 0.390 e. The maximum absolute atomic E-state index is 14.8. The molecule has 2 aliphatic rings. The molecule has 27 heavy (non-hydrogen) atoms. The number of allylic oxidation sites excluding steroid dienone is 1. The lowest BCUT2D eigenvalue weighted by Crippen LogP contribution is -2.25. The van der Waals surface area contributed by atoms with Crippen LogP contribution in [0.4, 0.5) is 10.2 Å². The van der Waals surface area contributed by atoms with E-state index < -0.39 is 5.67 Å². The minimum atomic E-state index is -1.28. The van der Waals surface area contributed by atoms with Gasteiger partial charge in [0.05, 0.1) is 36.2 Å². The van der Waals surface area contributed by atoms with Gasteiger partial charge in [-0.15, -0.1) is 0 Å². The minimum absolute atomic E-state index is 0.0221. The van der Waals surface area contributed by atoms with Gasteiger partial charge in [0.25, 0.3) is 0 Å². The summed E-state index contributed by atoms with van der Waals surface area (Å²) < 4.78 is 16.8. The average Bonchev–Trinajstić information content (AvgIpc) is 3.16. The molecule has 1 saturated carbocycles. The van der Waals surface area contributed by atoms with Crippen molar-refractivity contribution in [2.24, 2.45) is 21.6 Å². The lowest BCUT2D eigenvalue weighted by Gasteiger charge is -2.15. The number of aromatic nitrogens is 4. The molecule has 7 nitrogen and oxygen atoms in total. The lowest BCUT2D eigenvalue weighted by molar-refractivity contribution is 0.382. The maximum Gasteiger partial charge on any atom is 0.172 e. The van der Waals surface area contributed by atoms with Crippen LogP contribution in [0.5, 0.6) is 0 Å². The Labute approximate surface area is 157 Å². The summed E-state index contributed by atoms with van der Waals surface area (Å²) >= 11 is 0. The Balaban J connectivity index is 1.57. The van der Waals surface area contributed by atoms with E-state index in [0.29, 0.717) is 30.9 Å². The second-order valence-electron chi connectivity index (χ2n) is 6.89. The van der Waals surface area contributed by atoms with Crippen LogP contribution < -0.4 is 5.73 Å². The van der Waals surface area contributed by atoms with E-state index in [4.69, 9.17) is 5.73 Å². The normalized spacial score (nSPS) is 23.5. The molecule has 2 unspecified atom stereocenters. The van der Waals surface area contributed by atoms with Crippen molar-refractivity contribution in [1.82, 2.24) is 19.5 Å². The number of nitrogens with two attached hydrogens (primary N) is 1.